The lowest BCUT2D eigenvalue weighted by Gasteiger charge is -2.27. The summed E-state index contributed by atoms with van der Waals surface area (Å²) >= 11 is 0. The van der Waals surface area contributed by atoms with Gasteiger partial charge >= 0.3 is 0 Å². The standard InChI is InChI=1S/C18H2N12/c1-23-17-18(24-2)30-16-14-12(26-8(4-20)10(6-22)28-14)11-13(15(16)29-17)27-9(5-21)7(3-19)25-11/h11,13H. The molecule has 2 aliphatic rings. The predicted octanol–water partition coefficient (Wildman–Crippen LogP) is 1.82. The van der Waals surface area contributed by atoms with Crippen LogP contribution in [0.3, 0.4) is 0 Å². The van der Waals surface area contributed by atoms with E-state index in [1.54, 1.807) is 24.3 Å². The largest absolute Gasteiger partial charge is 0.370 e. The SMILES string of the molecule is [C-]#[N+]c1nc2c(nc1[N+]#[C-])C1N=C(C#N)C(C#N)=NC1c1nc(C#N)c(C#N)nc1-2. The quantitative estimate of drug-likeness (QED) is 0.614. The zero-order chi connectivity index (χ0) is 21.4. The maximum Gasteiger partial charge on any atom is 0.294 e. The monoisotopic (exact) mass is 386 g/mol. The molecular formula is C18H2N12. The summed E-state index contributed by atoms with van der Waals surface area (Å²) < 4.78 is 0. The van der Waals surface area contributed by atoms with Gasteiger partial charge in [-0.25, -0.2) is 9.97 Å². The van der Waals surface area contributed by atoms with Crippen molar-refractivity contribution in [1.29, 1.82) is 21.0 Å². The summed E-state index contributed by atoms with van der Waals surface area (Å²) in [5.41, 5.74) is -0.646. The minimum Gasteiger partial charge on any atom is -0.370 e. The maximum atomic E-state index is 9.32. The molecule has 4 rings (SSSR count). The van der Waals surface area contributed by atoms with Crippen LogP contribution in [-0.2, 0) is 0 Å². The average Bonchev–Trinajstić information content (AvgIpc) is 2.81. The highest BCUT2D eigenvalue weighted by molar-refractivity contribution is 6.53. The fourth-order valence-electron chi connectivity index (χ4n) is 3.07. The molecule has 0 N–H and O–H groups in total. The molecule has 2 atom stereocenters. The number of fused-ring (bicyclic) bond motifs is 6. The molecule has 0 aromatic carbocycles. The molecule has 2 aromatic rings. The highest BCUT2D eigenvalue weighted by atomic mass is 15.1. The number of hydrogen-bond acceptors (Lipinski definition) is 10. The lowest BCUT2D eigenvalue weighted by Crippen LogP contribution is -2.28. The van der Waals surface area contributed by atoms with Gasteiger partial charge in [-0.3, -0.25) is 9.98 Å². The second-order valence-electron chi connectivity index (χ2n) is 5.78. The van der Waals surface area contributed by atoms with Crippen LogP contribution in [-0.4, -0.2) is 31.4 Å². The molecule has 0 bridgehead atoms. The molecule has 0 radical (unpaired) electrons. The van der Waals surface area contributed by atoms with Crippen LogP contribution < -0.4 is 0 Å². The Labute approximate surface area is 168 Å². The van der Waals surface area contributed by atoms with Crippen molar-refractivity contribution in [2.75, 3.05) is 0 Å². The van der Waals surface area contributed by atoms with Gasteiger partial charge in [0, 0.05) is 0 Å². The average molecular weight is 386 g/mol. The van der Waals surface area contributed by atoms with Crippen molar-refractivity contribution in [2.45, 2.75) is 12.1 Å². The van der Waals surface area contributed by atoms with E-state index in [9.17, 15) is 21.0 Å². The fraction of sp³-hybridized carbons (Fsp3) is 0.111. The van der Waals surface area contributed by atoms with Crippen LogP contribution in [0.1, 0.15) is 34.9 Å². The van der Waals surface area contributed by atoms with Gasteiger partial charge in [0.05, 0.1) is 5.69 Å². The zero-order valence-corrected chi connectivity index (χ0v) is 14.5. The van der Waals surface area contributed by atoms with Gasteiger partial charge in [-0.05, 0) is 0 Å². The number of aromatic nitrogens is 4. The van der Waals surface area contributed by atoms with Crippen LogP contribution in [0.2, 0.25) is 0 Å². The first-order valence-electron chi connectivity index (χ1n) is 7.95. The lowest BCUT2D eigenvalue weighted by atomic mass is 9.89. The summed E-state index contributed by atoms with van der Waals surface area (Å²) in [6, 6.07) is 5.19. The van der Waals surface area contributed by atoms with Crippen molar-refractivity contribution in [3.05, 3.63) is 45.6 Å². The van der Waals surface area contributed by atoms with E-state index in [0.29, 0.717) is 0 Å². The number of nitriles is 4. The van der Waals surface area contributed by atoms with Crippen molar-refractivity contribution in [1.82, 2.24) is 19.9 Å². The predicted molar refractivity (Wildman–Crippen MR) is 96.6 cm³/mol. The van der Waals surface area contributed by atoms with Crippen LogP contribution >= 0.6 is 0 Å². The Morgan fingerprint density at radius 2 is 1.10 bits per heavy atom. The molecule has 1 aliphatic heterocycles. The van der Waals surface area contributed by atoms with Gasteiger partial charge in [-0.1, -0.05) is 13.1 Å². The Balaban J connectivity index is 2.14. The molecule has 0 fully saturated rings. The Hall–Kier alpha value is -5.56. The van der Waals surface area contributed by atoms with Crippen molar-refractivity contribution in [2.24, 2.45) is 9.98 Å². The van der Waals surface area contributed by atoms with Crippen LogP contribution in [0.15, 0.2) is 9.98 Å². The maximum absolute atomic E-state index is 9.32. The van der Waals surface area contributed by atoms with E-state index in [4.69, 9.17) is 13.1 Å². The van der Waals surface area contributed by atoms with Crippen molar-refractivity contribution in [3.8, 4) is 35.7 Å². The summed E-state index contributed by atoms with van der Waals surface area (Å²) in [6.07, 6.45) is 0. The van der Waals surface area contributed by atoms with Crippen molar-refractivity contribution in [3.63, 3.8) is 0 Å². The van der Waals surface area contributed by atoms with Crippen molar-refractivity contribution >= 4 is 23.1 Å². The molecular weight excluding hydrogens is 384 g/mol. The number of hydrogen-bond donors (Lipinski definition) is 0. The van der Waals surface area contributed by atoms with Gasteiger partial charge in [0.2, 0.25) is 11.4 Å². The summed E-state index contributed by atoms with van der Waals surface area (Å²) in [5, 5.41) is 37.2. The third-order valence-corrected chi connectivity index (χ3v) is 4.29. The molecule has 30 heavy (non-hydrogen) atoms. The summed E-state index contributed by atoms with van der Waals surface area (Å²) in [4.78, 5) is 31.6. The zero-order valence-electron chi connectivity index (χ0n) is 14.5. The molecule has 0 saturated carbocycles. The van der Waals surface area contributed by atoms with E-state index in [0.717, 1.165) is 0 Å². The van der Waals surface area contributed by atoms with Gasteiger partial charge in [0.1, 0.15) is 42.1 Å². The number of nitrogens with zero attached hydrogens (tertiary/aromatic N) is 12. The molecule has 2 aromatic heterocycles. The highest BCUT2D eigenvalue weighted by Gasteiger charge is 2.46. The van der Waals surface area contributed by atoms with Crippen LogP contribution in [0, 0.1) is 58.5 Å². The van der Waals surface area contributed by atoms with Gasteiger partial charge < -0.3 is 9.69 Å². The Morgan fingerprint density at radius 3 is 1.60 bits per heavy atom. The van der Waals surface area contributed by atoms with Crippen LogP contribution in [0.5, 0.6) is 0 Å². The first kappa shape index (κ1) is 17.8. The van der Waals surface area contributed by atoms with Gasteiger partial charge in [0.15, 0.2) is 22.8 Å². The first-order valence-corrected chi connectivity index (χ1v) is 7.95. The van der Waals surface area contributed by atoms with Gasteiger partial charge in [-0.2, -0.15) is 21.0 Å². The van der Waals surface area contributed by atoms with Crippen LogP contribution in [0.25, 0.3) is 21.1 Å². The van der Waals surface area contributed by atoms with Crippen molar-refractivity contribution < 1.29 is 0 Å². The van der Waals surface area contributed by atoms with Crippen LogP contribution in [0.4, 0.5) is 11.6 Å². The van der Waals surface area contributed by atoms with E-state index in [2.05, 4.69) is 39.6 Å². The molecule has 134 valence electrons. The molecule has 12 nitrogen and oxygen atoms in total. The number of aliphatic imine (C=N–C) groups is 2. The second-order valence-corrected chi connectivity index (χ2v) is 5.78. The summed E-state index contributed by atoms with van der Waals surface area (Å²) in [6.45, 7) is 14.5. The minimum atomic E-state index is -0.974. The molecule has 0 amide bonds. The van der Waals surface area contributed by atoms with E-state index in [1.165, 1.54) is 0 Å². The Bertz CT molecular complexity index is 1360. The molecule has 2 unspecified atom stereocenters. The lowest BCUT2D eigenvalue weighted by molar-refractivity contribution is 0.537. The highest BCUT2D eigenvalue weighted by Crippen LogP contribution is 2.48. The third kappa shape index (κ3) is 2.34. The number of rotatable bonds is 0. The molecule has 3 heterocycles. The van der Waals surface area contributed by atoms with E-state index in [1.807, 2.05) is 0 Å². The third-order valence-electron chi connectivity index (χ3n) is 4.29. The first-order chi connectivity index (χ1) is 14.6. The van der Waals surface area contributed by atoms with Gasteiger partial charge in [0.25, 0.3) is 11.6 Å². The Morgan fingerprint density at radius 1 is 0.633 bits per heavy atom. The normalized spacial score (nSPS) is 17.5. The second kappa shape index (κ2) is 6.55. The fourth-order valence-corrected chi connectivity index (χ4v) is 3.07. The molecule has 0 spiro atoms. The Kier molecular flexibility index (Phi) is 3.90. The van der Waals surface area contributed by atoms with E-state index in [-0.39, 0.29) is 57.2 Å². The van der Waals surface area contributed by atoms with E-state index < -0.39 is 12.1 Å². The topological polar surface area (TPSA) is 180 Å². The molecule has 0 saturated heterocycles. The summed E-state index contributed by atoms with van der Waals surface area (Å²) in [7, 11) is 0. The minimum absolute atomic E-state index is 0.0485. The smallest absolute Gasteiger partial charge is 0.294 e. The summed E-state index contributed by atoms with van der Waals surface area (Å²) in [5.74, 6) is -0.545. The molecule has 1 aliphatic carbocycles. The van der Waals surface area contributed by atoms with E-state index >= 15 is 0 Å². The van der Waals surface area contributed by atoms with Gasteiger partial charge in [-0.15, -0.1) is 9.97 Å². The molecule has 12 heteroatoms.